The predicted molar refractivity (Wildman–Crippen MR) is 129 cm³/mol. The summed E-state index contributed by atoms with van der Waals surface area (Å²) in [4.78, 5) is 0. The van der Waals surface area contributed by atoms with Gasteiger partial charge in [0, 0.05) is 27.8 Å². The van der Waals surface area contributed by atoms with Crippen molar-refractivity contribution < 1.29 is 14.6 Å². The molecule has 3 aromatic rings. The van der Waals surface area contributed by atoms with Gasteiger partial charge >= 0.3 is 0 Å². The van der Waals surface area contributed by atoms with Crippen molar-refractivity contribution in [3.05, 3.63) is 78.7 Å². The molecule has 0 saturated heterocycles. The van der Waals surface area contributed by atoms with E-state index in [1.165, 1.54) is 0 Å². The topological polar surface area (TPSA) is 50.7 Å². The molecule has 0 heterocycles. The number of benzene rings is 3. The maximum Gasteiger partial charge on any atom is 0.180 e. The van der Waals surface area contributed by atoms with E-state index in [9.17, 15) is 5.11 Å². The van der Waals surface area contributed by atoms with Crippen molar-refractivity contribution >= 4 is 63.7 Å². The fraction of sp³-hybridized carbons (Fsp3) is 0.182. The summed E-state index contributed by atoms with van der Waals surface area (Å²) in [5.74, 6) is 0.742. The number of hydrogen-bond donors (Lipinski definition) is 2. The molecule has 9 heteroatoms. The van der Waals surface area contributed by atoms with Crippen LogP contribution in [-0.4, -0.2) is 11.7 Å². The molecule has 2 N–H and O–H groups in total. The summed E-state index contributed by atoms with van der Waals surface area (Å²) in [5.41, 5.74) is 2.16. The largest absolute Gasteiger partial charge is 0.505 e. The van der Waals surface area contributed by atoms with Gasteiger partial charge in [-0.25, -0.2) is 0 Å². The molecular formula is C22H18Cl5NO3. The van der Waals surface area contributed by atoms with Crippen LogP contribution in [0.1, 0.15) is 18.1 Å². The highest BCUT2D eigenvalue weighted by Gasteiger charge is 2.15. The molecule has 31 heavy (non-hydrogen) atoms. The van der Waals surface area contributed by atoms with Crippen LogP contribution < -0.4 is 14.8 Å². The zero-order valence-corrected chi connectivity index (χ0v) is 20.1. The van der Waals surface area contributed by atoms with E-state index in [1.807, 2.05) is 13.0 Å². The Morgan fingerprint density at radius 2 is 1.48 bits per heavy atom. The molecule has 0 bridgehead atoms. The van der Waals surface area contributed by atoms with Crippen molar-refractivity contribution in [2.75, 3.05) is 11.9 Å². The molecule has 0 aromatic heterocycles. The van der Waals surface area contributed by atoms with Gasteiger partial charge in [-0.15, -0.1) is 0 Å². The van der Waals surface area contributed by atoms with Gasteiger partial charge in [0.2, 0.25) is 0 Å². The number of anilines is 1. The third-order valence-electron chi connectivity index (χ3n) is 4.31. The molecular weight excluding hydrogens is 504 g/mol. The highest BCUT2D eigenvalue weighted by atomic mass is 35.5. The summed E-state index contributed by atoms with van der Waals surface area (Å²) in [6.45, 7) is 2.85. The third-order valence-corrected chi connectivity index (χ3v) is 5.87. The molecule has 0 radical (unpaired) electrons. The summed E-state index contributed by atoms with van der Waals surface area (Å²) in [7, 11) is 0. The number of phenols is 1. The Labute approximate surface area is 205 Å². The van der Waals surface area contributed by atoms with E-state index in [0.717, 1.165) is 5.56 Å². The minimum absolute atomic E-state index is 0.139. The molecule has 0 spiro atoms. The van der Waals surface area contributed by atoms with Gasteiger partial charge in [0.05, 0.1) is 21.7 Å². The van der Waals surface area contributed by atoms with Crippen LogP contribution in [0.5, 0.6) is 17.2 Å². The Hall–Kier alpha value is -1.69. The zero-order chi connectivity index (χ0) is 22.5. The standard InChI is InChI=1S/C22H18Cl5NO3/c1-2-30-20-7-12(10-28-13-8-17(25)21(29)18(26)9-13)6-19(27)22(20)31-11-14-15(23)4-3-5-16(14)24/h3-9,28-29H,2,10-11H2,1H3. The number of phenolic OH excluding ortho intramolecular Hbond substituents is 1. The Morgan fingerprint density at radius 3 is 2.10 bits per heavy atom. The first-order valence-electron chi connectivity index (χ1n) is 9.23. The summed E-state index contributed by atoms with van der Waals surface area (Å²) >= 11 is 30.9. The lowest BCUT2D eigenvalue weighted by Crippen LogP contribution is -2.04. The van der Waals surface area contributed by atoms with E-state index in [1.54, 1.807) is 36.4 Å². The number of halogens is 5. The third kappa shape index (κ3) is 5.97. The van der Waals surface area contributed by atoms with Crippen LogP contribution in [0.2, 0.25) is 25.1 Å². The van der Waals surface area contributed by atoms with Crippen LogP contribution in [0.4, 0.5) is 5.69 Å². The Bertz CT molecular complexity index is 1050. The van der Waals surface area contributed by atoms with E-state index >= 15 is 0 Å². The van der Waals surface area contributed by atoms with Gasteiger partial charge in [0.25, 0.3) is 0 Å². The van der Waals surface area contributed by atoms with Crippen molar-refractivity contribution in [3.63, 3.8) is 0 Å². The SMILES string of the molecule is CCOc1cc(CNc2cc(Cl)c(O)c(Cl)c2)cc(Cl)c1OCc1c(Cl)cccc1Cl. The number of rotatable bonds is 8. The second-order valence-corrected chi connectivity index (χ2v) is 8.50. The molecule has 0 atom stereocenters. The maximum atomic E-state index is 9.69. The summed E-state index contributed by atoms with van der Waals surface area (Å²) in [6.07, 6.45) is 0. The number of hydrogen-bond acceptors (Lipinski definition) is 4. The van der Waals surface area contributed by atoms with E-state index in [0.29, 0.717) is 51.0 Å². The maximum absolute atomic E-state index is 9.69. The quantitative estimate of drug-likeness (QED) is 0.293. The fourth-order valence-electron chi connectivity index (χ4n) is 2.81. The molecule has 0 fully saturated rings. The van der Waals surface area contributed by atoms with E-state index in [4.69, 9.17) is 67.5 Å². The van der Waals surface area contributed by atoms with Crippen LogP contribution in [0.25, 0.3) is 0 Å². The van der Waals surface area contributed by atoms with Gasteiger partial charge in [-0.1, -0.05) is 64.1 Å². The average molecular weight is 522 g/mol. The molecule has 164 valence electrons. The molecule has 3 rings (SSSR count). The molecule has 0 aliphatic rings. The van der Waals surface area contributed by atoms with Crippen LogP contribution >= 0.6 is 58.0 Å². The first kappa shape index (κ1) is 24.0. The minimum atomic E-state index is -0.157. The Kier molecular flexibility index (Phi) is 8.31. The van der Waals surface area contributed by atoms with Crippen molar-refractivity contribution in [2.45, 2.75) is 20.1 Å². The first-order valence-corrected chi connectivity index (χ1v) is 11.1. The van der Waals surface area contributed by atoms with Crippen molar-refractivity contribution in [1.82, 2.24) is 0 Å². The lowest BCUT2D eigenvalue weighted by Gasteiger charge is -2.17. The van der Waals surface area contributed by atoms with Gasteiger partial charge in [-0.3, -0.25) is 0 Å². The smallest absolute Gasteiger partial charge is 0.180 e. The molecule has 0 unspecified atom stereocenters. The van der Waals surface area contributed by atoms with Gasteiger partial charge in [-0.2, -0.15) is 0 Å². The lowest BCUT2D eigenvalue weighted by atomic mass is 10.2. The van der Waals surface area contributed by atoms with Crippen LogP contribution in [0, 0.1) is 0 Å². The molecule has 4 nitrogen and oxygen atoms in total. The van der Waals surface area contributed by atoms with Crippen molar-refractivity contribution in [2.24, 2.45) is 0 Å². The summed E-state index contributed by atoms with van der Waals surface area (Å²) < 4.78 is 11.7. The van der Waals surface area contributed by atoms with E-state index < -0.39 is 0 Å². The number of nitrogens with one attached hydrogen (secondary N) is 1. The highest BCUT2D eigenvalue weighted by Crippen LogP contribution is 2.39. The van der Waals surface area contributed by atoms with E-state index in [2.05, 4.69) is 5.32 Å². The molecule has 0 amide bonds. The van der Waals surface area contributed by atoms with Crippen molar-refractivity contribution in [1.29, 1.82) is 0 Å². The van der Waals surface area contributed by atoms with Gasteiger partial charge in [0.1, 0.15) is 6.61 Å². The Morgan fingerprint density at radius 1 is 0.839 bits per heavy atom. The van der Waals surface area contributed by atoms with Crippen LogP contribution in [-0.2, 0) is 13.2 Å². The zero-order valence-electron chi connectivity index (χ0n) is 16.3. The average Bonchev–Trinajstić information content (AvgIpc) is 2.71. The number of aromatic hydroxyl groups is 1. The Balaban J connectivity index is 1.80. The second-order valence-electron chi connectivity index (χ2n) is 6.47. The fourth-order valence-corrected chi connectivity index (χ4v) is 4.09. The first-order chi connectivity index (χ1) is 14.8. The summed E-state index contributed by atoms with van der Waals surface area (Å²) in [5, 5.41) is 14.6. The number of ether oxygens (including phenoxy) is 2. The van der Waals surface area contributed by atoms with Crippen molar-refractivity contribution in [3.8, 4) is 17.2 Å². The monoisotopic (exact) mass is 519 g/mol. The molecule has 0 saturated carbocycles. The highest BCUT2D eigenvalue weighted by molar-refractivity contribution is 6.37. The second kappa shape index (κ2) is 10.8. The predicted octanol–water partition coefficient (Wildman–Crippen LogP) is 8.25. The van der Waals surface area contributed by atoms with Gasteiger partial charge < -0.3 is 19.9 Å². The molecule has 3 aromatic carbocycles. The van der Waals surface area contributed by atoms with Crippen LogP contribution in [0.15, 0.2) is 42.5 Å². The van der Waals surface area contributed by atoms with Gasteiger partial charge in [0.15, 0.2) is 17.2 Å². The lowest BCUT2D eigenvalue weighted by molar-refractivity contribution is 0.269. The van der Waals surface area contributed by atoms with E-state index in [-0.39, 0.29) is 22.4 Å². The molecule has 0 aliphatic heterocycles. The summed E-state index contributed by atoms with van der Waals surface area (Å²) in [6, 6.07) is 12.0. The molecule has 0 aliphatic carbocycles. The normalized spacial score (nSPS) is 10.8. The van der Waals surface area contributed by atoms with Gasteiger partial charge in [-0.05, 0) is 48.9 Å². The van der Waals surface area contributed by atoms with Crippen LogP contribution in [0.3, 0.4) is 0 Å². The minimum Gasteiger partial charge on any atom is -0.505 e.